The third kappa shape index (κ3) is 3.94. The van der Waals surface area contributed by atoms with Gasteiger partial charge in [0.25, 0.3) is 0 Å². The number of benzene rings is 3. The van der Waals surface area contributed by atoms with Crippen LogP contribution < -0.4 is 10.6 Å². The van der Waals surface area contributed by atoms with Crippen molar-refractivity contribution in [3.63, 3.8) is 0 Å². The van der Waals surface area contributed by atoms with Gasteiger partial charge in [-0.05, 0) is 42.8 Å². The first-order chi connectivity index (χ1) is 12.9. The molecule has 0 saturated carbocycles. The minimum atomic E-state index is 0.314. The zero-order chi connectivity index (χ0) is 17.6. The van der Waals surface area contributed by atoms with E-state index in [9.17, 15) is 0 Å². The van der Waals surface area contributed by atoms with E-state index in [0.717, 1.165) is 36.6 Å². The Morgan fingerprint density at radius 2 is 1.62 bits per heavy atom. The lowest BCUT2D eigenvalue weighted by atomic mass is 10.0. The highest BCUT2D eigenvalue weighted by molar-refractivity contribution is 6.08. The van der Waals surface area contributed by atoms with Gasteiger partial charge in [-0.15, -0.1) is 0 Å². The second-order valence-electron chi connectivity index (χ2n) is 6.56. The van der Waals surface area contributed by atoms with Gasteiger partial charge < -0.3 is 10.6 Å². The first-order valence-electron chi connectivity index (χ1n) is 9.18. The first-order valence-corrected chi connectivity index (χ1v) is 9.18. The second-order valence-corrected chi connectivity index (χ2v) is 6.56. The van der Waals surface area contributed by atoms with Crippen LogP contribution in [-0.2, 0) is 0 Å². The highest BCUT2D eigenvalue weighted by Gasteiger charge is 2.11. The molecule has 4 rings (SSSR count). The molecule has 0 amide bonds. The van der Waals surface area contributed by atoms with Crippen molar-refractivity contribution >= 4 is 28.1 Å². The summed E-state index contributed by atoms with van der Waals surface area (Å²) in [4.78, 5) is 4.98. The molecule has 3 aromatic rings. The van der Waals surface area contributed by atoms with Gasteiger partial charge in [0, 0.05) is 16.8 Å². The fourth-order valence-electron chi connectivity index (χ4n) is 3.29. The number of fused-ring (bicyclic) bond motifs is 1. The van der Waals surface area contributed by atoms with Crippen LogP contribution in [0.1, 0.15) is 19.3 Å². The Kier molecular flexibility index (Phi) is 4.97. The molecule has 1 atom stereocenters. The summed E-state index contributed by atoms with van der Waals surface area (Å²) in [6, 6.07) is 25.2. The molecule has 26 heavy (non-hydrogen) atoms. The average molecular weight is 341 g/mol. The summed E-state index contributed by atoms with van der Waals surface area (Å²) >= 11 is 0. The monoisotopic (exact) mass is 341 g/mol. The number of allylic oxidation sites excluding steroid dienone is 1. The zero-order valence-electron chi connectivity index (χ0n) is 14.7. The molecule has 1 unspecified atom stereocenters. The van der Waals surface area contributed by atoms with E-state index in [4.69, 9.17) is 4.99 Å². The van der Waals surface area contributed by atoms with Crippen molar-refractivity contribution in [3.05, 3.63) is 84.9 Å². The number of hydrogen-bond acceptors (Lipinski definition) is 1. The number of hydrogen-bond donors (Lipinski definition) is 2. The molecule has 0 fully saturated rings. The lowest BCUT2D eigenvalue weighted by Crippen LogP contribution is -2.25. The Balaban J connectivity index is 1.65. The molecule has 130 valence electrons. The number of rotatable bonds is 3. The molecule has 0 radical (unpaired) electrons. The third-order valence-electron chi connectivity index (χ3n) is 4.63. The van der Waals surface area contributed by atoms with Crippen LogP contribution in [0.2, 0.25) is 0 Å². The lowest BCUT2D eigenvalue weighted by molar-refractivity contribution is 0.609. The van der Waals surface area contributed by atoms with Crippen LogP contribution in [0, 0.1) is 0 Å². The van der Waals surface area contributed by atoms with Crippen LogP contribution in [0.4, 0.5) is 11.4 Å². The molecule has 3 aromatic carbocycles. The Hall–Kier alpha value is -3.07. The first kappa shape index (κ1) is 16.4. The minimum Gasteiger partial charge on any atom is -0.326 e. The summed E-state index contributed by atoms with van der Waals surface area (Å²) in [5.41, 5.74) is 2.10. The van der Waals surface area contributed by atoms with E-state index in [1.54, 1.807) is 0 Å². The van der Waals surface area contributed by atoms with Crippen molar-refractivity contribution in [1.29, 1.82) is 0 Å². The maximum atomic E-state index is 4.98. The standard InChI is InChI=1S/C23H23N3/c1-3-12-19(13-4-1)24-23(25-20-14-5-2-6-15-20)26-22-17-9-11-18-10-7-8-16-21(18)22/h1-5,7-13,16-17,20H,6,14-15H2,(H2,24,25,26). The number of aliphatic imine (C=N–C) groups is 1. The fourth-order valence-corrected chi connectivity index (χ4v) is 3.29. The molecule has 0 spiro atoms. The van der Waals surface area contributed by atoms with Gasteiger partial charge in [0.1, 0.15) is 0 Å². The SMILES string of the molecule is C1=CCC(N=C(Nc2ccccc2)Nc2cccc3ccccc23)CC1. The molecule has 1 aliphatic rings. The molecule has 0 aliphatic heterocycles. The maximum absolute atomic E-state index is 4.98. The number of guanidine groups is 1. The summed E-state index contributed by atoms with van der Waals surface area (Å²) in [5.74, 6) is 0.799. The maximum Gasteiger partial charge on any atom is 0.200 e. The van der Waals surface area contributed by atoms with Gasteiger partial charge in [0.05, 0.1) is 6.04 Å². The fraction of sp³-hybridized carbons (Fsp3) is 0.174. The van der Waals surface area contributed by atoms with Gasteiger partial charge in [-0.25, -0.2) is 4.99 Å². The largest absolute Gasteiger partial charge is 0.326 e. The summed E-state index contributed by atoms with van der Waals surface area (Å²) < 4.78 is 0. The molecular formula is C23H23N3. The van der Waals surface area contributed by atoms with Gasteiger partial charge in [-0.1, -0.05) is 66.7 Å². The second kappa shape index (κ2) is 7.87. The van der Waals surface area contributed by atoms with Crippen LogP contribution in [0.3, 0.4) is 0 Å². The molecule has 0 heterocycles. The van der Waals surface area contributed by atoms with Crippen LogP contribution in [0.5, 0.6) is 0 Å². The summed E-state index contributed by atoms with van der Waals surface area (Å²) in [5, 5.41) is 9.40. The lowest BCUT2D eigenvalue weighted by Gasteiger charge is -2.19. The Morgan fingerprint density at radius 1 is 0.808 bits per heavy atom. The minimum absolute atomic E-state index is 0.314. The van der Waals surface area contributed by atoms with E-state index in [1.165, 1.54) is 10.8 Å². The number of anilines is 2. The van der Waals surface area contributed by atoms with Gasteiger partial charge in [0.15, 0.2) is 0 Å². The van der Waals surface area contributed by atoms with E-state index < -0.39 is 0 Å². The summed E-state index contributed by atoms with van der Waals surface area (Å²) in [7, 11) is 0. The number of nitrogens with zero attached hydrogens (tertiary/aromatic N) is 1. The highest BCUT2D eigenvalue weighted by atomic mass is 15.2. The number of nitrogens with one attached hydrogen (secondary N) is 2. The van der Waals surface area contributed by atoms with Crippen LogP contribution in [0.15, 0.2) is 89.9 Å². The van der Waals surface area contributed by atoms with Crippen molar-refractivity contribution in [2.24, 2.45) is 4.99 Å². The van der Waals surface area contributed by atoms with E-state index in [2.05, 4.69) is 77.4 Å². The van der Waals surface area contributed by atoms with Gasteiger partial charge in [-0.2, -0.15) is 0 Å². The smallest absolute Gasteiger partial charge is 0.200 e. The molecule has 0 saturated heterocycles. The predicted molar refractivity (Wildman–Crippen MR) is 112 cm³/mol. The molecule has 1 aliphatic carbocycles. The molecule has 3 heteroatoms. The quantitative estimate of drug-likeness (QED) is 0.357. The molecule has 2 N–H and O–H groups in total. The summed E-state index contributed by atoms with van der Waals surface area (Å²) in [6.45, 7) is 0. The van der Waals surface area contributed by atoms with Crippen molar-refractivity contribution in [2.75, 3.05) is 10.6 Å². The van der Waals surface area contributed by atoms with Crippen molar-refractivity contribution in [2.45, 2.75) is 25.3 Å². The van der Waals surface area contributed by atoms with E-state index in [0.29, 0.717) is 6.04 Å². The third-order valence-corrected chi connectivity index (χ3v) is 4.63. The van der Waals surface area contributed by atoms with Crippen LogP contribution in [-0.4, -0.2) is 12.0 Å². The van der Waals surface area contributed by atoms with Crippen molar-refractivity contribution < 1.29 is 0 Å². The van der Waals surface area contributed by atoms with Gasteiger partial charge in [-0.3, -0.25) is 0 Å². The average Bonchev–Trinajstić information content (AvgIpc) is 2.70. The molecular weight excluding hydrogens is 318 g/mol. The topological polar surface area (TPSA) is 36.4 Å². The van der Waals surface area contributed by atoms with Crippen molar-refractivity contribution in [1.82, 2.24) is 0 Å². The Morgan fingerprint density at radius 3 is 2.46 bits per heavy atom. The Bertz CT molecular complexity index is 923. The van der Waals surface area contributed by atoms with E-state index >= 15 is 0 Å². The Labute approximate surface area is 154 Å². The highest BCUT2D eigenvalue weighted by Crippen LogP contribution is 2.24. The van der Waals surface area contributed by atoms with Gasteiger partial charge in [0.2, 0.25) is 5.96 Å². The van der Waals surface area contributed by atoms with Crippen LogP contribution >= 0.6 is 0 Å². The normalized spacial score (nSPS) is 17.2. The van der Waals surface area contributed by atoms with E-state index in [-0.39, 0.29) is 0 Å². The van der Waals surface area contributed by atoms with Crippen LogP contribution in [0.25, 0.3) is 10.8 Å². The van der Waals surface area contributed by atoms with Gasteiger partial charge >= 0.3 is 0 Å². The number of para-hydroxylation sites is 1. The molecule has 0 bridgehead atoms. The summed E-state index contributed by atoms with van der Waals surface area (Å²) in [6.07, 6.45) is 7.66. The zero-order valence-corrected chi connectivity index (χ0v) is 14.7. The van der Waals surface area contributed by atoms with Crippen molar-refractivity contribution in [3.8, 4) is 0 Å². The molecule has 0 aromatic heterocycles. The molecule has 3 nitrogen and oxygen atoms in total. The van der Waals surface area contributed by atoms with E-state index in [1.807, 2.05) is 18.2 Å². The predicted octanol–water partition coefficient (Wildman–Crippen LogP) is 5.83.